The number of pyridine rings is 1. The van der Waals surface area contributed by atoms with E-state index in [1.807, 2.05) is 0 Å². The van der Waals surface area contributed by atoms with E-state index in [0.29, 0.717) is 12.6 Å². The standard InChI is InChI=1S/C13H16F2N4O2/c1-4-16-10-7(14)5-8(15)11(18-10)19-6-9(20)17-12(21)13(19,2)3/h5H,4,6H2,1-3H3,(H,16,18)(H,17,20,21). The van der Waals surface area contributed by atoms with E-state index < -0.39 is 29.0 Å². The fraction of sp³-hybridized carbons (Fsp3) is 0.462. The quantitative estimate of drug-likeness (QED) is 0.815. The molecule has 0 atom stereocenters. The van der Waals surface area contributed by atoms with E-state index in [9.17, 15) is 18.4 Å². The monoisotopic (exact) mass is 298 g/mol. The minimum absolute atomic E-state index is 0.122. The Balaban J connectivity index is 2.51. The summed E-state index contributed by atoms with van der Waals surface area (Å²) in [7, 11) is 0. The maximum Gasteiger partial charge on any atom is 0.251 e. The van der Waals surface area contributed by atoms with Crippen LogP contribution in [0.3, 0.4) is 0 Å². The van der Waals surface area contributed by atoms with Crippen LogP contribution >= 0.6 is 0 Å². The van der Waals surface area contributed by atoms with Crippen LogP contribution < -0.4 is 15.5 Å². The van der Waals surface area contributed by atoms with Crippen LogP contribution in [0.2, 0.25) is 0 Å². The second kappa shape index (κ2) is 5.27. The average molecular weight is 298 g/mol. The van der Waals surface area contributed by atoms with Crippen molar-refractivity contribution < 1.29 is 18.4 Å². The Labute approximate surface area is 120 Å². The summed E-state index contributed by atoms with van der Waals surface area (Å²) in [6.45, 7) is 4.97. The van der Waals surface area contributed by atoms with Gasteiger partial charge in [0.2, 0.25) is 5.91 Å². The average Bonchev–Trinajstić information content (AvgIpc) is 2.38. The number of amides is 2. The zero-order valence-corrected chi connectivity index (χ0v) is 12.0. The van der Waals surface area contributed by atoms with E-state index in [1.54, 1.807) is 6.92 Å². The maximum atomic E-state index is 14.0. The van der Waals surface area contributed by atoms with E-state index >= 15 is 0 Å². The molecule has 2 amide bonds. The van der Waals surface area contributed by atoms with E-state index in [2.05, 4.69) is 15.6 Å². The molecule has 0 unspecified atom stereocenters. The van der Waals surface area contributed by atoms with Crippen LogP contribution in [-0.2, 0) is 9.59 Å². The fourth-order valence-electron chi connectivity index (χ4n) is 2.06. The van der Waals surface area contributed by atoms with Gasteiger partial charge in [-0.05, 0) is 20.8 Å². The van der Waals surface area contributed by atoms with Crippen LogP contribution in [0.4, 0.5) is 20.4 Å². The number of carbonyl (C=O) groups is 2. The number of carbonyl (C=O) groups excluding carboxylic acids is 2. The molecule has 1 aliphatic rings. The highest BCUT2D eigenvalue weighted by atomic mass is 19.1. The number of nitrogens with one attached hydrogen (secondary N) is 2. The Morgan fingerprint density at radius 2 is 2.05 bits per heavy atom. The normalized spacial score (nSPS) is 17.7. The first-order chi connectivity index (χ1) is 9.77. The molecule has 1 aliphatic heterocycles. The molecule has 2 rings (SSSR count). The van der Waals surface area contributed by atoms with Crippen molar-refractivity contribution in [2.24, 2.45) is 0 Å². The molecule has 1 aromatic rings. The number of imide groups is 1. The van der Waals surface area contributed by atoms with Crippen LogP contribution in [0.5, 0.6) is 0 Å². The SMILES string of the molecule is CCNc1nc(N2CC(=O)NC(=O)C2(C)C)c(F)cc1F. The number of piperazine rings is 1. The van der Waals surface area contributed by atoms with Crippen molar-refractivity contribution in [2.45, 2.75) is 26.3 Å². The molecule has 0 aromatic carbocycles. The first-order valence-corrected chi connectivity index (χ1v) is 6.49. The van der Waals surface area contributed by atoms with Gasteiger partial charge in [0.05, 0.1) is 6.54 Å². The Bertz CT molecular complexity index is 604. The summed E-state index contributed by atoms with van der Waals surface area (Å²) in [5.74, 6) is -3.23. The zero-order valence-electron chi connectivity index (χ0n) is 12.0. The van der Waals surface area contributed by atoms with Gasteiger partial charge >= 0.3 is 0 Å². The van der Waals surface area contributed by atoms with Crippen LogP contribution in [0.1, 0.15) is 20.8 Å². The molecule has 114 valence electrons. The molecular weight excluding hydrogens is 282 g/mol. The maximum absolute atomic E-state index is 14.0. The summed E-state index contributed by atoms with van der Waals surface area (Å²) in [5.41, 5.74) is -1.18. The predicted molar refractivity (Wildman–Crippen MR) is 72.9 cm³/mol. The van der Waals surface area contributed by atoms with Gasteiger partial charge in [0.1, 0.15) is 5.54 Å². The molecule has 0 radical (unpaired) electrons. The first-order valence-electron chi connectivity index (χ1n) is 6.49. The van der Waals surface area contributed by atoms with Crippen LogP contribution in [0, 0.1) is 11.6 Å². The molecule has 21 heavy (non-hydrogen) atoms. The van der Waals surface area contributed by atoms with Crippen molar-refractivity contribution in [3.63, 3.8) is 0 Å². The van der Waals surface area contributed by atoms with E-state index in [4.69, 9.17) is 0 Å². The summed E-state index contributed by atoms with van der Waals surface area (Å²) in [4.78, 5) is 28.5. The highest BCUT2D eigenvalue weighted by Gasteiger charge is 2.42. The minimum atomic E-state index is -1.18. The van der Waals surface area contributed by atoms with Crippen LogP contribution in [0.15, 0.2) is 6.07 Å². The zero-order chi connectivity index (χ0) is 15.8. The summed E-state index contributed by atoms with van der Waals surface area (Å²) in [6, 6.07) is 0.688. The Morgan fingerprint density at radius 1 is 1.38 bits per heavy atom. The van der Waals surface area contributed by atoms with Gasteiger partial charge in [-0.2, -0.15) is 0 Å². The number of hydrogen-bond donors (Lipinski definition) is 2. The number of nitrogens with zero attached hydrogens (tertiary/aromatic N) is 2. The van der Waals surface area contributed by atoms with Crippen molar-refractivity contribution in [1.82, 2.24) is 10.3 Å². The van der Waals surface area contributed by atoms with Gasteiger partial charge in [-0.3, -0.25) is 14.9 Å². The summed E-state index contributed by atoms with van der Waals surface area (Å²) in [6.07, 6.45) is 0. The predicted octanol–water partition coefficient (Wildman–Crippen LogP) is 1.03. The molecule has 6 nitrogen and oxygen atoms in total. The third-order valence-corrected chi connectivity index (χ3v) is 3.30. The number of hydrogen-bond acceptors (Lipinski definition) is 5. The number of aromatic nitrogens is 1. The number of rotatable bonds is 3. The Hall–Kier alpha value is -2.25. The van der Waals surface area contributed by atoms with Crippen molar-refractivity contribution in [1.29, 1.82) is 0 Å². The van der Waals surface area contributed by atoms with Gasteiger partial charge in [0, 0.05) is 12.6 Å². The molecule has 1 saturated heterocycles. The fourth-order valence-corrected chi connectivity index (χ4v) is 2.06. The Kier molecular flexibility index (Phi) is 3.80. The van der Waals surface area contributed by atoms with E-state index in [0.717, 1.165) is 0 Å². The molecule has 2 heterocycles. The van der Waals surface area contributed by atoms with Crippen molar-refractivity contribution in [3.05, 3.63) is 17.7 Å². The Morgan fingerprint density at radius 3 is 2.67 bits per heavy atom. The molecule has 2 N–H and O–H groups in total. The van der Waals surface area contributed by atoms with Gasteiger partial charge in [-0.1, -0.05) is 0 Å². The molecule has 0 aliphatic carbocycles. The lowest BCUT2D eigenvalue weighted by Crippen LogP contribution is -2.64. The van der Waals surface area contributed by atoms with Crippen molar-refractivity contribution in [3.8, 4) is 0 Å². The van der Waals surface area contributed by atoms with E-state index in [1.165, 1.54) is 18.7 Å². The summed E-state index contributed by atoms with van der Waals surface area (Å²) in [5, 5.41) is 4.85. The lowest BCUT2D eigenvalue weighted by atomic mass is 9.98. The van der Waals surface area contributed by atoms with Gasteiger partial charge in [-0.25, -0.2) is 13.8 Å². The molecule has 8 heteroatoms. The minimum Gasteiger partial charge on any atom is -0.368 e. The topological polar surface area (TPSA) is 74.3 Å². The first kappa shape index (κ1) is 15.1. The summed E-state index contributed by atoms with van der Waals surface area (Å²) < 4.78 is 27.6. The lowest BCUT2D eigenvalue weighted by molar-refractivity contribution is -0.135. The lowest BCUT2D eigenvalue weighted by Gasteiger charge is -2.41. The van der Waals surface area contributed by atoms with Gasteiger partial charge in [0.25, 0.3) is 5.91 Å². The van der Waals surface area contributed by atoms with E-state index in [-0.39, 0.29) is 18.2 Å². The molecule has 0 bridgehead atoms. The number of anilines is 2. The van der Waals surface area contributed by atoms with Gasteiger partial charge in [-0.15, -0.1) is 0 Å². The van der Waals surface area contributed by atoms with Gasteiger partial charge in [0.15, 0.2) is 23.3 Å². The smallest absolute Gasteiger partial charge is 0.251 e. The highest BCUT2D eigenvalue weighted by Crippen LogP contribution is 2.29. The van der Waals surface area contributed by atoms with Crippen molar-refractivity contribution in [2.75, 3.05) is 23.3 Å². The highest BCUT2D eigenvalue weighted by molar-refractivity contribution is 6.06. The molecule has 1 fully saturated rings. The van der Waals surface area contributed by atoms with Crippen molar-refractivity contribution >= 4 is 23.5 Å². The molecule has 1 aromatic heterocycles. The largest absolute Gasteiger partial charge is 0.368 e. The summed E-state index contributed by atoms with van der Waals surface area (Å²) >= 11 is 0. The van der Waals surface area contributed by atoms with Crippen LogP contribution in [0.25, 0.3) is 0 Å². The second-order valence-electron chi connectivity index (χ2n) is 5.18. The molecule has 0 spiro atoms. The third-order valence-electron chi connectivity index (χ3n) is 3.30. The second-order valence-corrected chi connectivity index (χ2v) is 5.18. The van der Waals surface area contributed by atoms with Crippen LogP contribution in [-0.4, -0.2) is 35.4 Å². The molecule has 0 saturated carbocycles. The molecular formula is C13H16F2N4O2. The number of halogens is 2. The van der Waals surface area contributed by atoms with Gasteiger partial charge < -0.3 is 10.2 Å². The third kappa shape index (κ3) is 2.65.